The van der Waals surface area contributed by atoms with Crippen molar-refractivity contribution in [3.05, 3.63) is 54.2 Å². The van der Waals surface area contributed by atoms with Gasteiger partial charge in [0.15, 0.2) is 0 Å². The van der Waals surface area contributed by atoms with E-state index >= 15 is 0 Å². The minimum atomic E-state index is 0.659. The largest absolute Gasteiger partial charge is 0.256 e. The number of benzene rings is 1. The van der Waals surface area contributed by atoms with Crippen molar-refractivity contribution in [3.8, 4) is 17.3 Å². The topological polar surface area (TPSA) is 36.7 Å². The maximum atomic E-state index is 8.90. The van der Waals surface area contributed by atoms with Gasteiger partial charge >= 0.3 is 0 Å². The van der Waals surface area contributed by atoms with Crippen LogP contribution in [0.2, 0.25) is 0 Å². The summed E-state index contributed by atoms with van der Waals surface area (Å²) in [7, 11) is 0. The zero-order valence-corrected chi connectivity index (χ0v) is 7.51. The van der Waals surface area contributed by atoms with Crippen molar-refractivity contribution in [2.75, 3.05) is 0 Å². The summed E-state index contributed by atoms with van der Waals surface area (Å²) in [6.07, 6.45) is 1.73. The summed E-state index contributed by atoms with van der Waals surface area (Å²) in [6, 6.07) is 15.3. The highest BCUT2D eigenvalue weighted by molar-refractivity contribution is 5.66. The van der Waals surface area contributed by atoms with Crippen molar-refractivity contribution >= 4 is 0 Å². The third kappa shape index (κ3) is 1.48. The van der Waals surface area contributed by atoms with Gasteiger partial charge in [0.1, 0.15) is 0 Å². The van der Waals surface area contributed by atoms with Crippen molar-refractivity contribution < 1.29 is 0 Å². The molecule has 0 saturated carbocycles. The standard InChI is InChI=1S/C12H8N2/c13-9-10-5-1-2-6-11(10)12-7-3-4-8-14-12/h1-8H. The molecule has 14 heavy (non-hydrogen) atoms. The second-order valence-electron chi connectivity index (χ2n) is 2.87. The molecule has 0 radical (unpaired) electrons. The molecule has 66 valence electrons. The van der Waals surface area contributed by atoms with Gasteiger partial charge in [0, 0.05) is 11.8 Å². The molecule has 0 bridgehead atoms. The molecule has 0 unspecified atom stereocenters. The Balaban J connectivity index is 2.58. The van der Waals surface area contributed by atoms with Crippen molar-refractivity contribution in [3.63, 3.8) is 0 Å². The van der Waals surface area contributed by atoms with Gasteiger partial charge in [0.25, 0.3) is 0 Å². The summed E-state index contributed by atoms with van der Waals surface area (Å²) >= 11 is 0. The van der Waals surface area contributed by atoms with E-state index in [1.807, 2.05) is 36.4 Å². The van der Waals surface area contributed by atoms with Crippen molar-refractivity contribution in [1.29, 1.82) is 5.26 Å². The van der Waals surface area contributed by atoms with Crippen LogP contribution in [0.4, 0.5) is 0 Å². The average Bonchev–Trinajstić information content (AvgIpc) is 2.30. The Hall–Kier alpha value is -2.14. The summed E-state index contributed by atoms with van der Waals surface area (Å²) in [5.41, 5.74) is 2.38. The van der Waals surface area contributed by atoms with Crippen LogP contribution < -0.4 is 0 Å². The zero-order chi connectivity index (χ0) is 9.80. The van der Waals surface area contributed by atoms with Crippen LogP contribution in [0.1, 0.15) is 5.56 Å². The van der Waals surface area contributed by atoms with E-state index in [1.165, 1.54) is 0 Å². The Morgan fingerprint density at radius 2 is 1.79 bits per heavy atom. The Labute approximate surface area is 82.5 Å². The SMILES string of the molecule is N#Cc1ccccc1-c1ccccn1. The lowest BCUT2D eigenvalue weighted by atomic mass is 10.1. The summed E-state index contributed by atoms with van der Waals surface area (Å²) < 4.78 is 0. The molecule has 0 amide bonds. The normalized spacial score (nSPS) is 9.36. The van der Waals surface area contributed by atoms with Crippen LogP contribution in [0.5, 0.6) is 0 Å². The molecule has 0 N–H and O–H groups in total. The van der Waals surface area contributed by atoms with Crippen LogP contribution >= 0.6 is 0 Å². The zero-order valence-electron chi connectivity index (χ0n) is 7.51. The van der Waals surface area contributed by atoms with Crippen LogP contribution in [-0.2, 0) is 0 Å². The smallest absolute Gasteiger partial charge is 0.0998 e. The summed E-state index contributed by atoms with van der Waals surface area (Å²) in [5.74, 6) is 0. The summed E-state index contributed by atoms with van der Waals surface area (Å²) in [4.78, 5) is 4.21. The van der Waals surface area contributed by atoms with E-state index in [9.17, 15) is 0 Å². The molecule has 1 aromatic heterocycles. The lowest BCUT2D eigenvalue weighted by Crippen LogP contribution is -1.85. The van der Waals surface area contributed by atoms with Crippen LogP contribution in [0, 0.1) is 11.3 Å². The highest BCUT2D eigenvalue weighted by Gasteiger charge is 2.02. The van der Waals surface area contributed by atoms with Gasteiger partial charge < -0.3 is 0 Å². The summed E-state index contributed by atoms with van der Waals surface area (Å²) in [5, 5.41) is 8.90. The van der Waals surface area contributed by atoms with E-state index in [2.05, 4.69) is 11.1 Å². The first-order valence-electron chi connectivity index (χ1n) is 4.32. The molecule has 2 aromatic rings. The first kappa shape index (κ1) is 8.46. The van der Waals surface area contributed by atoms with Gasteiger partial charge in [-0.2, -0.15) is 5.26 Å². The van der Waals surface area contributed by atoms with E-state index in [0.717, 1.165) is 11.3 Å². The van der Waals surface area contributed by atoms with E-state index in [-0.39, 0.29) is 0 Å². The minimum Gasteiger partial charge on any atom is -0.256 e. The molecular formula is C12H8N2. The Morgan fingerprint density at radius 3 is 2.50 bits per heavy atom. The van der Waals surface area contributed by atoms with Crippen LogP contribution in [0.3, 0.4) is 0 Å². The fraction of sp³-hybridized carbons (Fsp3) is 0. The Morgan fingerprint density at radius 1 is 1.00 bits per heavy atom. The fourth-order valence-electron chi connectivity index (χ4n) is 1.33. The second-order valence-corrected chi connectivity index (χ2v) is 2.87. The fourth-order valence-corrected chi connectivity index (χ4v) is 1.33. The number of rotatable bonds is 1. The summed E-state index contributed by atoms with van der Waals surface area (Å²) in [6.45, 7) is 0. The number of hydrogen-bond donors (Lipinski definition) is 0. The highest BCUT2D eigenvalue weighted by Crippen LogP contribution is 2.19. The molecule has 0 aliphatic rings. The molecule has 0 saturated heterocycles. The molecule has 0 atom stereocenters. The lowest BCUT2D eigenvalue weighted by Gasteiger charge is -2.01. The molecule has 2 heteroatoms. The van der Waals surface area contributed by atoms with Crippen LogP contribution in [-0.4, -0.2) is 4.98 Å². The monoisotopic (exact) mass is 180 g/mol. The van der Waals surface area contributed by atoms with E-state index < -0.39 is 0 Å². The van der Waals surface area contributed by atoms with E-state index in [0.29, 0.717) is 5.56 Å². The molecule has 0 fully saturated rings. The molecule has 0 aliphatic heterocycles. The first-order valence-corrected chi connectivity index (χ1v) is 4.32. The number of aromatic nitrogens is 1. The Kier molecular flexibility index (Phi) is 2.24. The van der Waals surface area contributed by atoms with Gasteiger partial charge in [-0.25, -0.2) is 0 Å². The quantitative estimate of drug-likeness (QED) is 0.676. The van der Waals surface area contributed by atoms with Gasteiger partial charge in [-0.15, -0.1) is 0 Å². The van der Waals surface area contributed by atoms with Gasteiger partial charge in [-0.05, 0) is 18.2 Å². The third-order valence-electron chi connectivity index (χ3n) is 1.99. The number of hydrogen-bond acceptors (Lipinski definition) is 2. The number of nitrogens with zero attached hydrogens (tertiary/aromatic N) is 2. The van der Waals surface area contributed by atoms with Crippen LogP contribution in [0.25, 0.3) is 11.3 Å². The van der Waals surface area contributed by atoms with Crippen molar-refractivity contribution in [2.24, 2.45) is 0 Å². The number of nitriles is 1. The highest BCUT2D eigenvalue weighted by atomic mass is 14.7. The molecular weight excluding hydrogens is 172 g/mol. The Bertz CT molecular complexity index is 469. The lowest BCUT2D eigenvalue weighted by molar-refractivity contribution is 1.32. The predicted octanol–water partition coefficient (Wildman–Crippen LogP) is 2.62. The van der Waals surface area contributed by atoms with Gasteiger partial charge in [-0.3, -0.25) is 4.98 Å². The van der Waals surface area contributed by atoms with Gasteiger partial charge in [0.2, 0.25) is 0 Å². The molecule has 0 aliphatic carbocycles. The maximum absolute atomic E-state index is 8.90. The van der Waals surface area contributed by atoms with Crippen molar-refractivity contribution in [2.45, 2.75) is 0 Å². The molecule has 1 heterocycles. The molecule has 2 rings (SSSR count). The first-order chi connectivity index (χ1) is 6.92. The van der Waals surface area contributed by atoms with Gasteiger partial charge in [0.05, 0.1) is 17.3 Å². The predicted molar refractivity (Wildman–Crippen MR) is 54.4 cm³/mol. The maximum Gasteiger partial charge on any atom is 0.0998 e. The van der Waals surface area contributed by atoms with Gasteiger partial charge in [-0.1, -0.05) is 24.3 Å². The van der Waals surface area contributed by atoms with Crippen molar-refractivity contribution in [1.82, 2.24) is 4.98 Å². The molecule has 2 nitrogen and oxygen atoms in total. The van der Waals surface area contributed by atoms with Crippen LogP contribution in [0.15, 0.2) is 48.7 Å². The number of pyridine rings is 1. The molecule has 1 aromatic carbocycles. The average molecular weight is 180 g/mol. The van der Waals surface area contributed by atoms with E-state index in [1.54, 1.807) is 12.3 Å². The van der Waals surface area contributed by atoms with E-state index in [4.69, 9.17) is 5.26 Å². The second kappa shape index (κ2) is 3.71. The third-order valence-corrected chi connectivity index (χ3v) is 1.99. The minimum absolute atomic E-state index is 0.659. The molecule has 0 spiro atoms.